The molecule has 1 rings (SSSR count). The van der Waals surface area contributed by atoms with Crippen LogP contribution in [0.4, 0.5) is 0 Å². The zero-order valence-corrected chi connectivity index (χ0v) is 10.8. The van der Waals surface area contributed by atoms with Crippen molar-refractivity contribution >= 4 is 17.8 Å². The highest BCUT2D eigenvalue weighted by molar-refractivity contribution is 6.05. The number of rotatable bonds is 7. The van der Waals surface area contributed by atoms with Crippen molar-refractivity contribution < 1.29 is 19.5 Å². The normalized spacial score (nSPS) is 21.4. The minimum atomic E-state index is -0.784. The van der Waals surface area contributed by atoms with E-state index in [0.717, 1.165) is 11.3 Å². The molecule has 18 heavy (non-hydrogen) atoms. The van der Waals surface area contributed by atoms with Gasteiger partial charge in [-0.2, -0.15) is 0 Å². The molecule has 1 heterocycles. The van der Waals surface area contributed by atoms with Crippen molar-refractivity contribution in [2.24, 2.45) is 5.92 Å². The Labute approximate surface area is 106 Å². The molecule has 6 heteroatoms. The maximum Gasteiger partial charge on any atom is 0.303 e. The second-order valence-electron chi connectivity index (χ2n) is 4.83. The number of nitrogens with zero attached hydrogens (tertiary/aromatic N) is 1. The lowest BCUT2D eigenvalue weighted by atomic mass is 10.0. The van der Waals surface area contributed by atoms with Crippen LogP contribution in [0.25, 0.3) is 0 Å². The van der Waals surface area contributed by atoms with Crippen LogP contribution < -0.4 is 5.32 Å². The molecule has 0 radical (unpaired) electrons. The van der Waals surface area contributed by atoms with Gasteiger partial charge < -0.3 is 10.4 Å². The molecular weight excluding hydrogens is 236 g/mol. The Morgan fingerprint density at radius 1 is 1.50 bits per heavy atom. The van der Waals surface area contributed by atoms with Crippen LogP contribution in [-0.4, -0.2) is 47.4 Å². The van der Waals surface area contributed by atoms with Crippen LogP contribution in [0, 0.1) is 5.92 Å². The molecule has 0 aromatic carbocycles. The van der Waals surface area contributed by atoms with E-state index in [0.29, 0.717) is 18.9 Å². The SMILES string of the molecule is CC(CCNC1CC(=O)N(C)C1=O)CCC(=O)O. The van der Waals surface area contributed by atoms with Gasteiger partial charge in [-0.05, 0) is 25.3 Å². The average molecular weight is 256 g/mol. The first kappa shape index (κ1) is 14.6. The lowest BCUT2D eigenvalue weighted by Crippen LogP contribution is -2.37. The van der Waals surface area contributed by atoms with E-state index in [1.165, 1.54) is 7.05 Å². The van der Waals surface area contributed by atoms with Crippen LogP contribution in [0.1, 0.15) is 32.6 Å². The summed E-state index contributed by atoms with van der Waals surface area (Å²) in [7, 11) is 1.49. The summed E-state index contributed by atoms with van der Waals surface area (Å²) >= 11 is 0. The van der Waals surface area contributed by atoms with Crippen LogP contribution in [0.3, 0.4) is 0 Å². The van der Waals surface area contributed by atoms with Gasteiger partial charge >= 0.3 is 5.97 Å². The van der Waals surface area contributed by atoms with Gasteiger partial charge in [-0.25, -0.2) is 0 Å². The minimum Gasteiger partial charge on any atom is -0.481 e. The summed E-state index contributed by atoms with van der Waals surface area (Å²) in [5, 5.41) is 11.6. The number of carboxylic acids is 1. The lowest BCUT2D eigenvalue weighted by Gasteiger charge is -2.13. The van der Waals surface area contributed by atoms with E-state index >= 15 is 0 Å². The third kappa shape index (κ3) is 4.10. The number of hydrogen-bond donors (Lipinski definition) is 2. The summed E-state index contributed by atoms with van der Waals surface area (Å²) in [5.41, 5.74) is 0. The molecule has 1 aliphatic rings. The number of hydrogen-bond acceptors (Lipinski definition) is 4. The Hall–Kier alpha value is -1.43. The first-order valence-electron chi connectivity index (χ1n) is 6.17. The van der Waals surface area contributed by atoms with E-state index < -0.39 is 12.0 Å². The molecule has 1 saturated heterocycles. The Kier molecular flexibility index (Phi) is 5.27. The van der Waals surface area contributed by atoms with Crippen molar-refractivity contribution in [1.29, 1.82) is 0 Å². The molecule has 2 atom stereocenters. The van der Waals surface area contributed by atoms with Crippen LogP contribution in [-0.2, 0) is 14.4 Å². The van der Waals surface area contributed by atoms with Gasteiger partial charge in [0.1, 0.15) is 0 Å². The number of aliphatic carboxylic acids is 1. The van der Waals surface area contributed by atoms with E-state index in [-0.39, 0.29) is 24.7 Å². The Morgan fingerprint density at radius 2 is 2.17 bits per heavy atom. The van der Waals surface area contributed by atoms with E-state index in [9.17, 15) is 14.4 Å². The molecule has 0 saturated carbocycles. The number of imide groups is 1. The zero-order chi connectivity index (χ0) is 13.7. The first-order chi connectivity index (χ1) is 8.41. The quantitative estimate of drug-likeness (QED) is 0.636. The van der Waals surface area contributed by atoms with Crippen LogP contribution in [0.5, 0.6) is 0 Å². The Bertz CT molecular complexity index is 343. The molecule has 102 valence electrons. The van der Waals surface area contributed by atoms with Crippen molar-refractivity contribution in [2.45, 2.75) is 38.6 Å². The summed E-state index contributed by atoms with van der Waals surface area (Å²) in [4.78, 5) is 34.4. The highest BCUT2D eigenvalue weighted by atomic mass is 16.4. The Morgan fingerprint density at radius 3 is 2.67 bits per heavy atom. The van der Waals surface area contributed by atoms with E-state index in [2.05, 4.69) is 5.32 Å². The summed E-state index contributed by atoms with van der Waals surface area (Å²) in [6.07, 6.45) is 1.83. The lowest BCUT2D eigenvalue weighted by molar-refractivity contribution is -0.138. The predicted molar refractivity (Wildman–Crippen MR) is 64.8 cm³/mol. The topological polar surface area (TPSA) is 86.7 Å². The van der Waals surface area contributed by atoms with Crippen LogP contribution in [0.2, 0.25) is 0 Å². The van der Waals surface area contributed by atoms with Crippen LogP contribution in [0.15, 0.2) is 0 Å². The maximum absolute atomic E-state index is 11.6. The van der Waals surface area contributed by atoms with Gasteiger partial charge in [-0.3, -0.25) is 19.3 Å². The van der Waals surface area contributed by atoms with Gasteiger partial charge in [-0.15, -0.1) is 0 Å². The number of amides is 2. The van der Waals surface area contributed by atoms with Crippen molar-refractivity contribution in [3.8, 4) is 0 Å². The van der Waals surface area contributed by atoms with Crippen molar-refractivity contribution in [3.05, 3.63) is 0 Å². The molecule has 0 bridgehead atoms. The van der Waals surface area contributed by atoms with Crippen molar-refractivity contribution in [2.75, 3.05) is 13.6 Å². The average Bonchev–Trinajstić information content (AvgIpc) is 2.54. The van der Waals surface area contributed by atoms with Gasteiger partial charge in [0.05, 0.1) is 12.5 Å². The number of likely N-dealkylation sites (N-methyl/N-ethyl adjacent to an activating group) is 1. The standard InChI is InChI=1S/C12H20N2O4/c1-8(3-4-11(16)17)5-6-13-9-7-10(15)14(2)12(9)18/h8-9,13H,3-7H2,1-2H3,(H,16,17). The molecule has 1 fully saturated rings. The van der Waals surface area contributed by atoms with Gasteiger partial charge in [0.25, 0.3) is 0 Å². The smallest absolute Gasteiger partial charge is 0.303 e. The summed E-state index contributed by atoms with van der Waals surface area (Å²) in [6, 6.07) is -0.408. The van der Waals surface area contributed by atoms with Gasteiger partial charge in [0.2, 0.25) is 11.8 Å². The van der Waals surface area contributed by atoms with Gasteiger partial charge in [-0.1, -0.05) is 6.92 Å². The molecule has 2 amide bonds. The molecule has 0 spiro atoms. The number of carbonyl (C=O) groups excluding carboxylic acids is 2. The molecule has 0 aromatic heterocycles. The zero-order valence-electron chi connectivity index (χ0n) is 10.8. The third-order valence-electron chi connectivity index (χ3n) is 3.26. The third-order valence-corrected chi connectivity index (χ3v) is 3.26. The largest absolute Gasteiger partial charge is 0.481 e. The highest BCUT2D eigenvalue weighted by Gasteiger charge is 2.35. The van der Waals surface area contributed by atoms with Gasteiger partial charge in [0, 0.05) is 13.5 Å². The van der Waals surface area contributed by atoms with E-state index in [1.54, 1.807) is 0 Å². The fraction of sp³-hybridized carbons (Fsp3) is 0.750. The number of nitrogens with one attached hydrogen (secondary N) is 1. The second kappa shape index (κ2) is 6.49. The number of likely N-dealkylation sites (tertiary alicyclic amines) is 1. The fourth-order valence-electron chi connectivity index (χ4n) is 1.93. The van der Waals surface area contributed by atoms with Gasteiger partial charge in [0.15, 0.2) is 0 Å². The predicted octanol–water partition coefficient (Wildman–Crippen LogP) is 0.224. The number of carboxylic acid groups (broad SMARTS) is 1. The first-order valence-corrected chi connectivity index (χ1v) is 6.17. The minimum absolute atomic E-state index is 0.156. The molecule has 1 aliphatic heterocycles. The fourth-order valence-corrected chi connectivity index (χ4v) is 1.93. The molecular formula is C12H20N2O4. The second-order valence-corrected chi connectivity index (χ2v) is 4.83. The highest BCUT2D eigenvalue weighted by Crippen LogP contribution is 2.12. The van der Waals surface area contributed by atoms with E-state index in [1.807, 2.05) is 6.92 Å². The molecule has 0 aliphatic carbocycles. The monoisotopic (exact) mass is 256 g/mol. The molecule has 2 N–H and O–H groups in total. The molecule has 0 aromatic rings. The summed E-state index contributed by atoms with van der Waals surface area (Å²) in [5.74, 6) is -0.832. The molecule has 2 unspecified atom stereocenters. The summed E-state index contributed by atoms with van der Waals surface area (Å²) < 4.78 is 0. The maximum atomic E-state index is 11.6. The van der Waals surface area contributed by atoms with Crippen molar-refractivity contribution in [3.63, 3.8) is 0 Å². The van der Waals surface area contributed by atoms with Crippen molar-refractivity contribution in [1.82, 2.24) is 10.2 Å². The van der Waals surface area contributed by atoms with E-state index in [4.69, 9.17) is 5.11 Å². The molecule has 6 nitrogen and oxygen atoms in total. The van der Waals surface area contributed by atoms with Crippen LogP contribution >= 0.6 is 0 Å². The number of carbonyl (C=O) groups is 3. The summed E-state index contributed by atoms with van der Waals surface area (Å²) in [6.45, 7) is 2.61. The Balaban J connectivity index is 2.20.